The molecule has 0 aromatic heterocycles. The van der Waals surface area contributed by atoms with E-state index in [-0.39, 0.29) is 24.0 Å². The summed E-state index contributed by atoms with van der Waals surface area (Å²) in [5, 5.41) is 3.47. The first-order valence-electron chi connectivity index (χ1n) is 8.36. The molecule has 1 aliphatic heterocycles. The molecule has 0 saturated carbocycles. The van der Waals surface area contributed by atoms with Crippen LogP contribution in [0.3, 0.4) is 0 Å². The van der Waals surface area contributed by atoms with Crippen molar-refractivity contribution in [1.29, 1.82) is 0 Å². The van der Waals surface area contributed by atoms with Crippen molar-refractivity contribution in [2.75, 3.05) is 32.5 Å². The Balaban J connectivity index is 0.00000225. The van der Waals surface area contributed by atoms with Gasteiger partial charge < -0.3 is 33.8 Å². The van der Waals surface area contributed by atoms with Gasteiger partial charge in [-0.1, -0.05) is 30.3 Å². The average Bonchev–Trinajstić information content (AvgIpc) is 2.58. The second kappa shape index (κ2) is 8.05. The lowest BCUT2D eigenvalue weighted by Crippen LogP contribution is -3.00. The van der Waals surface area contributed by atoms with Crippen molar-refractivity contribution in [1.82, 2.24) is 0 Å². The summed E-state index contributed by atoms with van der Waals surface area (Å²) in [5.41, 5.74) is 0.707. The van der Waals surface area contributed by atoms with Gasteiger partial charge in [-0.3, -0.25) is 0 Å². The first kappa shape index (κ1) is 20.2. The maximum absolute atomic E-state index is 13.0. The molecule has 1 aliphatic rings. The fourth-order valence-corrected chi connectivity index (χ4v) is 4.62. The predicted molar refractivity (Wildman–Crippen MR) is 96.8 cm³/mol. The van der Waals surface area contributed by atoms with Crippen molar-refractivity contribution in [3.8, 4) is 0 Å². The van der Waals surface area contributed by atoms with E-state index in [1.165, 1.54) is 0 Å². The van der Waals surface area contributed by atoms with Crippen molar-refractivity contribution < 1.29 is 36.9 Å². The Bertz CT molecular complexity index is 797. The molecule has 0 bridgehead atoms. The summed E-state index contributed by atoms with van der Waals surface area (Å²) in [5.74, 6) is 0. The molecule has 1 heterocycles. The largest absolute Gasteiger partial charge is 1.00 e. The summed E-state index contributed by atoms with van der Waals surface area (Å²) in [7, 11) is 0.971. The number of sulfone groups is 1. The van der Waals surface area contributed by atoms with Gasteiger partial charge in [-0.2, -0.15) is 0 Å². The van der Waals surface area contributed by atoms with Crippen LogP contribution in [-0.4, -0.2) is 46.1 Å². The maximum atomic E-state index is 13.0. The highest BCUT2D eigenvalue weighted by molar-refractivity contribution is 7.91. The van der Waals surface area contributed by atoms with Crippen molar-refractivity contribution >= 4 is 15.5 Å². The molecule has 0 spiro atoms. The van der Waals surface area contributed by atoms with Gasteiger partial charge in [0.25, 0.3) is 0 Å². The van der Waals surface area contributed by atoms with Gasteiger partial charge in [0.05, 0.1) is 42.7 Å². The van der Waals surface area contributed by atoms with Crippen molar-refractivity contribution in [2.24, 2.45) is 0 Å². The molecule has 1 saturated heterocycles. The molecular formula is C19H25IN2O2S. The number of anilines is 1. The Labute approximate surface area is 167 Å². The van der Waals surface area contributed by atoms with Gasteiger partial charge in [0.1, 0.15) is 0 Å². The van der Waals surface area contributed by atoms with Gasteiger partial charge in [-0.05, 0) is 24.3 Å². The minimum atomic E-state index is -3.51. The Morgan fingerprint density at radius 1 is 0.920 bits per heavy atom. The number of para-hydroxylation sites is 1. The van der Waals surface area contributed by atoms with Crippen LogP contribution in [0.25, 0.3) is 0 Å². The number of hydrogen-bond acceptors (Lipinski definition) is 3. The molecule has 136 valence electrons. The lowest BCUT2D eigenvalue weighted by molar-refractivity contribution is -0.895. The highest BCUT2D eigenvalue weighted by atomic mass is 127. The van der Waals surface area contributed by atoms with Crippen LogP contribution < -0.4 is 29.3 Å². The third-order valence-electron chi connectivity index (χ3n) is 4.76. The predicted octanol–water partition coefficient (Wildman–Crippen LogP) is 0.174. The standard InChI is InChI=1S/C19H25N2O2S.HI/c1-21(2)14-12-16(13-15-21)20-18-10-6-7-11-19(18)24(22,23)17-8-4-3-5-9-17;/h3-11,16,20H,12-15H2,1-2H3;1H/q+1;/p-1. The Kier molecular flexibility index (Phi) is 6.51. The second-order valence-electron chi connectivity index (χ2n) is 7.11. The fraction of sp³-hybridized carbons (Fsp3) is 0.368. The first-order chi connectivity index (χ1) is 11.4. The molecule has 1 N–H and O–H groups in total. The molecule has 0 aliphatic carbocycles. The zero-order chi connectivity index (χ0) is 17.2. The maximum Gasteiger partial charge on any atom is 0.208 e. The van der Waals surface area contributed by atoms with Crippen LogP contribution in [0.1, 0.15) is 12.8 Å². The number of likely N-dealkylation sites (tertiary alicyclic amines) is 1. The summed E-state index contributed by atoms with van der Waals surface area (Å²) in [6.07, 6.45) is 2.10. The number of piperidine rings is 1. The van der Waals surface area contributed by atoms with Crippen LogP contribution in [0.2, 0.25) is 0 Å². The van der Waals surface area contributed by atoms with E-state index in [1.54, 1.807) is 36.4 Å². The smallest absolute Gasteiger partial charge is 0.208 e. The summed E-state index contributed by atoms with van der Waals surface area (Å²) >= 11 is 0. The normalized spacial score (nSPS) is 17.5. The third-order valence-corrected chi connectivity index (χ3v) is 6.58. The monoisotopic (exact) mass is 472 g/mol. The fourth-order valence-electron chi connectivity index (χ4n) is 3.18. The van der Waals surface area contributed by atoms with Crippen molar-refractivity contribution in [3.05, 3.63) is 54.6 Å². The van der Waals surface area contributed by atoms with Crippen molar-refractivity contribution in [2.45, 2.75) is 28.7 Å². The Morgan fingerprint density at radius 2 is 1.48 bits per heavy atom. The molecule has 0 atom stereocenters. The van der Waals surface area contributed by atoms with E-state index < -0.39 is 9.84 Å². The summed E-state index contributed by atoms with van der Waals surface area (Å²) in [4.78, 5) is 0.691. The zero-order valence-electron chi connectivity index (χ0n) is 14.7. The minimum absolute atomic E-state index is 0. The molecular weight excluding hydrogens is 447 g/mol. The summed E-state index contributed by atoms with van der Waals surface area (Å²) < 4.78 is 26.9. The van der Waals surface area contributed by atoms with Crippen LogP contribution in [0, 0.1) is 0 Å². The number of rotatable bonds is 4. The number of nitrogens with one attached hydrogen (secondary N) is 1. The van der Waals surface area contributed by atoms with Crippen molar-refractivity contribution in [3.63, 3.8) is 0 Å². The molecule has 25 heavy (non-hydrogen) atoms. The molecule has 3 rings (SSSR count). The molecule has 6 heteroatoms. The van der Waals surface area contributed by atoms with Gasteiger partial charge in [0.2, 0.25) is 9.84 Å². The van der Waals surface area contributed by atoms with Crippen LogP contribution in [-0.2, 0) is 9.84 Å². The lowest BCUT2D eigenvalue weighted by Gasteiger charge is -2.37. The Morgan fingerprint density at radius 3 is 2.12 bits per heavy atom. The first-order valence-corrected chi connectivity index (χ1v) is 9.84. The summed E-state index contributed by atoms with van der Waals surface area (Å²) in [6, 6.07) is 16.2. The molecule has 1 fully saturated rings. The van der Waals surface area contributed by atoms with Gasteiger partial charge in [0, 0.05) is 18.9 Å². The molecule has 4 nitrogen and oxygen atoms in total. The van der Waals surface area contributed by atoms with E-state index in [1.807, 2.05) is 18.2 Å². The SMILES string of the molecule is C[N+]1(C)CCC(Nc2ccccc2S(=O)(=O)c2ccccc2)CC1.[I-]. The number of benzene rings is 2. The molecule has 2 aromatic rings. The Hall–Kier alpha value is -1.12. The van der Waals surface area contributed by atoms with Crippen LogP contribution >= 0.6 is 0 Å². The van der Waals surface area contributed by atoms with Gasteiger partial charge in [0.15, 0.2) is 0 Å². The molecule has 2 aromatic carbocycles. The number of nitrogens with zero attached hydrogens (tertiary/aromatic N) is 1. The number of halogens is 1. The van der Waals surface area contributed by atoms with E-state index in [4.69, 9.17) is 0 Å². The second-order valence-corrected chi connectivity index (χ2v) is 9.03. The van der Waals surface area contributed by atoms with Gasteiger partial charge >= 0.3 is 0 Å². The van der Waals surface area contributed by atoms with E-state index in [0.717, 1.165) is 30.4 Å². The quantitative estimate of drug-likeness (QED) is 0.510. The molecule has 0 amide bonds. The van der Waals surface area contributed by atoms with Crippen LogP contribution in [0.4, 0.5) is 5.69 Å². The third kappa shape index (κ3) is 4.74. The van der Waals surface area contributed by atoms with E-state index >= 15 is 0 Å². The van der Waals surface area contributed by atoms with E-state index in [2.05, 4.69) is 19.4 Å². The number of hydrogen-bond donors (Lipinski definition) is 1. The number of quaternary nitrogens is 1. The summed E-state index contributed by atoms with van der Waals surface area (Å²) in [6.45, 7) is 2.20. The van der Waals surface area contributed by atoms with Crippen LogP contribution in [0.15, 0.2) is 64.4 Å². The minimum Gasteiger partial charge on any atom is -1.00 e. The highest BCUT2D eigenvalue weighted by Gasteiger charge is 2.28. The van der Waals surface area contributed by atoms with E-state index in [9.17, 15) is 8.42 Å². The zero-order valence-corrected chi connectivity index (χ0v) is 17.6. The molecule has 0 radical (unpaired) electrons. The van der Waals surface area contributed by atoms with Gasteiger partial charge in [-0.25, -0.2) is 8.42 Å². The topological polar surface area (TPSA) is 46.2 Å². The highest BCUT2D eigenvalue weighted by Crippen LogP contribution is 2.29. The van der Waals surface area contributed by atoms with Crippen LogP contribution in [0.5, 0.6) is 0 Å². The average molecular weight is 472 g/mol. The lowest BCUT2D eigenvalue weighted by atomic mass is 10.0. The van der Waals surface area contributed by atoms with Gasteiger partial charge in [-0.15, -0.1) is 0 Å². The molecule has 0 unspecified atom stereocenters. The van der Waals surface area contributed by atoms with E-state index in [0.29, 0.717) is 21.5 Å².